The average molecular weight is 352 g/mol. The molecule has 0 fully saturated rings. The summed E-state index contributed by atoms with van der Waals surface area (Å²) in [5, 5.41) is 21.8. The van der Waals surface area contributed by atoms with Crippen LogP contribution in [0.3, 0.4) is 0 Å². The van der Waals surface area contributed by atoms with E-state index >= 15 is 0 Å². The van der Waals surface area contributed by atoms with Crippen molar-refractivity contribution in [2.75, 3.05) is 5.32 Å². The zero-order valence-electron chi connectivity index (χ0n) is 14.2. The first-order valence-corrected chi connectivity index (χ1v) is 8.71. The number of aromatic nitrogens is 5. The summed E-state index contributed by atoms with van der Waals surface area (Å²) in [5.74, 6) is 0. The Morgan fingerprint density at radius 2 is 2.19 bits per heavy atom. The highest BCUT2D eigenvalue weighted by atomic mass is 16.3. The number of nitrogens with zero attached hydrogens (tertiary/aromatic N) is 5. The van der Waals surface area contributed by atoms with Crippen LogP contribution in [-0.4, -0.2) is 35.7 Å². The molecule has 3 heterocycles. The number of pyridine rings is 1. The lowest BCUT2D eigenvalue weighted by Crippen LogP contribution is -2.33. The van der Waals surface area contributed by atoms with Crippen LogP contribution in [0.15, 0.2) is 47.7 Å². The predicted octanol–water partition coefficient (Wildman–Crippen LogP) is 1.67. The average Bonchev–Trinajstić information content (AvgIpc) is 3.12. The van der Waals surface area contributed by atoms with Gasteiger partial charge in [-0.3, -0.25) is 4.79 Å². The number of allylic oxidation sites excluding steroid dienone is 2. The van der Waals surface area contributed by atoms with E-state index in [1.807, 2.05) is 0 Å². The second kappa shape index (κ2) is 7.09. The fraction of sp³-hybridized carbons (Fsp3) is 0.333. The zero-order chi connectivity index (χ0) is 17.9. The first-order valence-electron chi connectivity index (χ1n) is 8.71. The van der Waals surface area contributed by atoms with E-state index in [9.17, 15) is 9.90 Å². The maximum absolute atomic E-state index is 12.1. The van der Waals surface area contributed by atoms with Gasteiger partial charge in [-0.2, -0.15) is 10.2 Å². The lowest BCUT2D eigenvalue weighted by atomic mass is 9.97. The summed E-state index contributed by atoms with van der Waals surface area (Å²) in [6.45, 7) is 0.0534. The van der Waals surface area contributed by atoms with E-state index in [-0.39, 0.29) is 12.1 Å². The van der Waals surface area contributed by atoms with Gasteiger partial charge in [0.15, 0.2) is 5.65 Å². The lowest BCUT2D eigenvalue weighted by molar-refractivity contribution is 0.174. The summed E-state index contributed by atoms with van der Waals surface area (Å²) in [5.41, 5.74) is 3.10. The molecular weight excluding hydrogens is 332 g/mol. The molecule has 1 atom stereocenters. The van der Waals surface area contributed by atoms with Crippen molar-refractivity contribution in [3.05, 3.63) is 58.9 Å². The quantitative estimate of drug-likeness (QED) is 0.678. The molecule has 3 aromatic rings. The standard InChI is InChI=1S/C18H20N6O2/c25-17(21-14-8-9-23-16(10-14)19-12-20-23)11-24-18(26)7-6-15(22-24)13-4-2-1-3-5-13/h4,6-10,12,17,21,25H,1-3,5,11H2. The molecule has 0 aromatic carbocycles. The van der Waals surface area contributed by atoms with E-state index in [1.54, 1.807) is 28.9 Å². The highest BCUT2D eigenvalue weighted by Crippen LogP contribution is 2.24. The molecule has 0 saturated heterocycles. The number of hydrogen-bond donors (Lipinski definition) is 2. The van der Waals surface area contributed by atoms with Crippen LogP contribution in [-0.2, 0) is 6.54 Å². The summed E-state index contributed by atoms with van der Waals surface area (Å²) >= 11 is 0. The molecule has 0 radical (unpaired) electrons. The maximum atomic E-state index is 12.1. The van der Waals surface area contributed by atoms with Crippen LogP contribution in [0.4, 0.5) is 5.69 Å². The molecule has 1 unspecified atom stereocenters. The van der Waals surface area contributed by atoms with E-state index in [4.69, 9.17) is 0 Å². The molecule has 0 spiro atoms. The van der Waals surface area contributed by atoms with Crippen LogP contribution in [0.2, 0.25) is 0 Å². The summed E-state index contributed by atoms with van der Waals surface area (Å²) in [7, 11) is 0. The van der Waals surface area contributed by atoms with Gasteiger partial charge in [-0.05, 0) is 43.4 Å². The molecule has 1 aliphatic carbocycles. The smallest absolute Gasteiger partial charge is 0.266 e. The molecule has 0 saturated carbocycles. The Labute approximate surface area is 149 Å². The highest BCUT2D eigenvalue weighted by Gasteiger charge is 2.12. The molecule has 0 amide bonds. The number of aliphatic hydroxyl groups excluding tert-OH is 1. The Balaban J connectivity index is 1.50. The van der Waals surface area contributed by atoms with Crippen LogP contribution < -0.4 is 10.9 Å². The fourth-order valence-corrected chi connectivity index (χ4v) is 3.13. The first-order chi connectivity index (χ1) is 12.7. The minimum Gasteiger partial charge on any atom is -0.372 e. The monoisotopic (exact) mass is 352 g/mol. The molecule has 8 nitrogen and oxygen atoms in total. The third kappa shape index (κ3) is 3.50. The van der Waals surface area contributed by atoms with Gasteiger partial charge in [-0.15, -0.1) is 0 Å². The zero-order valence-corrected chi connectivity index (χ0v) is 14.2. The van der Waals surface area contributed by atoms with Crippen LogP contribution in [0.25, 0.3) is 11.2 Å². The topological polar surface area (TPSA) is 97.3 Å². The Kier molecular flexibility index (Phi) is 4.49. The largest absolute Gasteiger partial charge is 0.372 e. The van der Waals surface area contributed by atoms with Gasteiger partial charge in [-0.25, -0.2) is 14.2 Å². The van der Waals surface area contributed by atoms with E-state index in [0.717, 1.165) is 25.0 Å². The number of fused-ring (bicyclic) bond motifs is 1. The molecule has 3 aromatic heterocycles. The van der Waals surface area contributed by atoms with Crippen molar-refractivity contribution in [1.82, 2.24) is 24.4 Å². The van der Waals surface area contributed by atoms with Crippen molar-refractivity contribution in [3.8, 4) is 0 Å². The molecule has 4 rings (SSSR count). The van der Waals surface area contributed by atoms with Gasteiger partial charge in [-0.1, -0.05) is 6.08 Å². The van der Waals surface area contributed by atoms with Crippen LogP contribution in [0.1, 0.15) is 31.4 Å². The first kappa shape index (κ1) is 16.5. The van der Waals surface area contributed by atoms with Gasteiger partial charge in [0.05, 0.1) is 12.2 Å². The Hall–Kier alpha value is -3.00. The summed E-state index contributed by atoms with van der Waals surface area (Å²) in [6, 6.07) is 6.82. The van der Waals surface area contributed by atoms with Crippen molar-refractivity contribution in [2.45, 2.75) is 38.5 Å². The molecule has 26 heavy (non-hydrogen) atoms. The molecule has 1 aliphatic rings. The number of nitrogens with one attached hydrogen (secondary N) is 1. The molecule has 8 heteroatoms. The van der Waals surface area contributed by atoms with Gasteiger partial charge < -0.3 is 10.4 Å². The van der Waals surface area contributed by atoms with Gasteiger partial charge >= 0.3 is 0 Å². The van der Waals surface area contributed by atoms with Gasteiger partial charge in [0, 0.05) is 24.0 Å². The van der Waals surface area contributed by atoms with Gasteiger partial charge in [0.1, 0.15) is 12.6 Å². The van der Waals surface area contributed by atoms with Crippen molar-refractivity contribution in [1.29, 1.82) is 0 Å². The SMILES string of the molecule is O=c1ccc(C2=CCCCC2)nn1CC(O)Nc1ccn2ncnc2c1. The third-order valence-corrected chi connectivity index (χ3v) is 4.45. The van der Waals surface area contributed by atoms with Crippen molar-refractivity contribution in [3.63, 3.8) is 0 Å². The predicted molar refractivity (Wildman–Crippen MR) is 97.6 cm³/mol. The number of rotatable bonds is 5. The normalized spacial score (nSPS) is 15.7. The summed E-state index contributed by atoms with van der Waals surface area (Å²) < 4.78 is 2.93. The van der Waals surface area contributed by atoms with Gasteiger partial charge in [0.2, 0.25) is 0 Å². The highest BCUT2D eigenvalue weighted by molar-refractivity contribution is 5.62. The molecule has 134 valence electrons. The van der Waals surface area contributed by atoms with Crippen LogP contribution in [0.5, 0.6) is 0 Å². The number of anilines is 1. The Morgan fingerprint density at radius 3 is 3.04 bits per heavy atom. The van der Waals surface area contributed by atoms with Crippen molar-refractivity contribution >= 4 is 16.9 Å². The third-order valence-electron chi connectivity index (χ3n) is 4.45. The molecule has 0 bridgehead atoms. The summed E-state index contributed by atoms with van der Waals surface area (Å²) in [4.78, 5) is 16.2. The van der Waals surface area contributed by atoms with Crippen molar-refractivity contribution in [2.24, 2.45) is 0 Å². The van der Waals surface area contributed by atoms with E-state index in [0.29, 0.717) is 11.3 Å². The fourth-order valence-electron chi connectivity index (χ4n) is 3.13. The van der Waals surface area contributed by atoms with E-state index in [2.05, 4.69) is 26.6 Å². The Morgan fingerprint density at radius 1 is 1.27 bits per heavy atom. The Bertz CT molecular complexity index is 1010. The van der Waals surface area contributed by atoms with E-state index < -0.39 is 6.23 Å². The van der Waals surface area contributed by atoms with Crippen LogP contribution >= 0.6 is 0 Å². The van der Waals surface area contributed by atoms with E-state index in [1.165, 1.54) is 29.1 Å². The molecule has 2 N–H and O–H groups in total. The maximum Gasteiger partial charge on any atom is 0.266 e. The second-order valence-electron chi connectivity index (χ2n) is 6.35. The minimum atomic E-state index is -0.957. The minimum absolute atomic E-state index is 0.0534. The lowest BCUT2D eigenvalue weighted by Gasteiger charge is -2.17. The molecule has 0 aliphatic heterocycles. The second-order valence-corrected chi connectivity index (χ2v) is 6.35. The summed E-state index contributed by atoms with van der Waals surface area (Å²) in [6.07, 6.45) is 8.80. The number of hydrogen-bond acceptors (Lipinski definition) is 6. The van der Waals surface area contributed by atoms with Crippen LogP contribution in [0, 0.1) is 0 Å². The van der Waals surface area contributed by atoms with Gasteiger partial charge in [0.25, 0.3) is 5.56 Å². The molecular formula is C18H20N6O2. The number of aliphatic hydroxyl groups is 1. The van der Waals surface area contributed by atoms with Crippen molar-refractivity contribution < 1.29 is 5.11 Å².